The van der Waals surface area contributed by atoms with Gasteiger partial charge in [-0.15, -0.1) is 0 Å². The Balaban J connectivity index is 3.49. The van der Waals surface area contributed by atoms with E-state index < -0.39 is 0 Å². The summed E-state index contributed by atoms with van der Waals surface area (Å²) < 4.78 is 0. The Hall–Kier alpha value is -0.150. The lowest BCUT2D eigenvalue weighted by atomic mass is 10.2. The van der Waals surface area contributed by atoms with Crippen molar-refractivity contribution in [2.45, 2.75) is 19.4 Å². The third-order valence-electron chi connectivity index (χ3n) is 1.34. The Bertz CT molecular complexity index is 117. The number of hydrogen-bond donors (Lipinski definition) is 2. The van der Waals surface area contributed by atoms with Gasteiger partial charge in [0.15, 0.2) is 0 Å². The SMILES string of the molecule is C=C(C)NC(CO)CCSC. The van der Waals surface area contributed by atoms with Crippen LogP contribution in [0.15, 0.2) is 12.3 Å². The topological polar surface area (TPSA) is 32.3 Å². The fourth-order valence-electron chi connectivity index (χ4n) is 0.818. The summed E-state index contributed by atoms with van der Waals surface area (Å²) >= 11 is 1.79. The Labute approximate surface area is 73.1 Å². The maximum absolute atomic E-state index is 8.89. The monoisotopic (exact) mass is 175 g/mol. The van der Waals surface area contributed by atoms with Crippen molar-refractivity contribution in [2.24, 2.45) is 0 Å². The van der Waals surface area contributed by atoms with E-state index in [-0.39, 0.29) is 12.6 Å². The summed E-state index contributed by atoms with van der Waals surface area (Å²) in [5.74, 6) is 1.07. The largest absolute Gasteiger partial charge is 0.394 e. The number of thioether (sulfide) groups is 1. The van der Waals surface area contributed by atoms with E-state index >= 15 is 0 Å². The van der Waals surface area contributed by atoms with Crippen LogP contribution in [0.2, 0.25) is 0 Å². The van der Waals surface area contributed by atoms with Gasteiger partial charge >= 0.3 is 0 Å². The molecule has 0 saturated heterocycles. The molecule has 2 N–H and O–H groups in total. The zero-order valence-electron chi connectivity index (χ0n) is 7.26. The standard InChI is InChI=1S/C8H17NOS/c1-7(2)9-8(6-10)4-5-11-3/h8-10H,1,4-6H2,2-3H3. The molecule has 0 radical (unpaired) electrons. The molecule has 0 heterocycles. The van der Waals surface area contributed by atoms with Crippen LogP contribution in [-0.4, -0.2) is 29.8 Å². The highest BCUT2D eigenvalue weighted by Gasteiger charge is 2.04. The van der Waals surface area contributed by atoms with Crippen molar-refractivity contribution in [3.05, 3.63) is 12.3 Å². The first-order valence-electron chi connectivity index (χ1n) is 3.72. The summed E-state index contributed by atoms with van der Waals surface area (Å²) in [6, 6.07) is 0.181. The first-order chi connectivity index (χ1) is 5.20. The van der Waals surface area contributed by atoms with Gasteiger partial charge in [0.25, 0.3) is 0 Å². The number of allylic oxidation sites excluding steroid dienone is 1. The van der Waals surface area contributed by atoms with E-state index in [0.29, 0.717) is 0 Å². The molecule has 0 aliphatic carbocycles. The van der Waals surface area contributed by atoms with Crippen LogP contribution in [0, 0.1) is 0 Å². The molecule has 0 aliphatic heterocycles. The molecule has 1 unspecified atom stereocenters. The number of hydrogen-bond acceptors (Lipinski definition) is 3. The molecule has 1 atom stereocenters. The normalized spacial score (nSPS) is 12.6. The van der Waals surface area contributed by atoms with E-state index in [1.165, 1.54) is 0 Å². The first-order valence-corrected chi connectivity index (χ1v) is 5.12. The molecule has 0 aromatic carbocycles. The molecule has 0 saturated carbocycles. The second-order valence-electron chi connectivity index (χ2n) is 2.59. The van der Waals surface area contributed by atoms with Crippen molar-refractivity contribution in [2.75, 3.05) is 18.6 Å². The zero-order valence-corrected chi connectivity index (χ0v) is 8.08. The fourth-order valence-corrected chi connectivity index (χ4v) is 1.34. The molecule has 66 valence electrons. The summed E-state index contributed by atoms with van der Waals surface area (Å²) in [6.07, 6.45) is 3.06. The van der Waals surface area contributed by atoms with Crippen molar-refractivity contribution in [3.63, 3.8) is 0 Å². The Morgan fingerprint density at radius 2 is 2.36 bits per heavy atom. The molecule has 3 heteroatoms. The van der Waals surface area contributed by atoms with Crippen LogP contribution in [0.25, 0.3) is 0 Å². The lowest BCUT2D eigenvalue weighted by Crippen LogP contribution is -2.31. The van der Waals surface area contributed by atoms with Gasteiger partial charge in [-0.3, -0.25) is 0 Å². The van der Waals surface area contributed by atoms with E-state index in [4.69, 9.17) is 5.11 Å². The number of rotatable bonds is 6. The highest BCUT2D eigenvalue weighted by Crippen LogP contribution is 2.01. The molecular formula is C8H17NOS. The fraction of sp³-hybridized carbons (Fsp3) is 0.750. The first kappa shape index (κ1) is 10.8. The average Bonchev–Trinajstić information content (AvgIpc) is 1.97. The Morgan fingerprint density at radius 3 is 2.73 bits per heavy atom. The molecule has 0 aromatic rings. The molecule has 2 nitrogen and oxygen atoms in total. The molecule has 11 heavy (non-hydrogen) atoms. The van der Waals surface area contributed by atoms with E-state index in [0.717, 1.165) is 17.9 Å². The van der Waals surface area contributed by atoms with Gasteiger partial charge in [-0.1, -0.05) is 6.58 Å². The van der Waals surface area contributed by atoms with Crippen LogP contribution in [0.3, 0.4) is 0 Å². The van der Waals surface area contributed by atoms with Gasteiger partial charge in [-0.2, -0.15) is 11.8 Å². The second-order valence-corrected chi connectivity index (χ2v) is 3.57. The summed E-state index contributed by atoms with van der Waals surface area (Å²) in [5, 5.41) is 12.0. The number of aliphatic hydroxyl groups is 1. The van der Waals surface area contributed by atoms with Crippen molar-refractivity contribution in [1.82, 2.24) is 5.32 Å². The van der Waals surface area contributed by atoms with Crippen LogP contribution in [0.4, 0.5) is 0 Å². The molecule has 0 spiro atoms. The minimum Gasteiger partial charge on any atom is -0.394 e. The van der Waals surface area contributed by atoms with Crippen LogP contribution < -0.4 is 5.32 Å². The van der Waals surface area contributed by atoms with Crippen molar-refractivity contribution >= 4 is 11.8 Å². The quantitative estimate of drug-likeness (QED) is 0.637. The summed E-state index contributed by atoms with van der Waals surface area (Å²) in [4.78, 5) is 0. The summed E-state index contributed by atoms with van der Waals surface area (Å²) in [6.45, 7) is 5.81. The highest BCUT2D eigenvalue weighted by molar-refractivity contribution is 7.98. The van der Waals surface area contributed by atoms with E-state index in [1.807, 2.05) is 6.92 Å². The van der Waals surface area contributed by atoms with Gasteiger partial charge in [0, 0.05) is 11.7 Å². The van der Waals surface area contributed by atoms with E-state index in [2.05, 4.69) is 18.2 Å². The summed E-state index contributed by atoms with van der Waals surface area (Å²) in [7, 11) is 0. The predicted molar refractivity (Wildman–Crippen MR) is 51.8 cm³/mol. The zero-order chi connectivity index (χ0) is 8.69. The third kappa shape index (κ3) is 6.26. The molecule has 0 rings (SSSR count). The average molecular weight is 175 g/mol. The molecule has 0 bridgehead atoms. The van der Waals surface area contributed by atoms with Crippen LogP contribution >= 0.6 is 11.8 Å². The van der Waals surface area contributed by atoms with Crippen LogP contribution in [0.5, 0.6) is 0 Å². The molecule has 0 aromatic heterocycles. The van der Waals surface area contributed by atoms with Crippen molar-refractivity contribution < 1.29 is 5.11 Å². The van der Waals surface area contributed by atoms with Crippen molar-refractivity contribution in [1.29, 1.82) is 0 Å². The van der Waals surface area contributed by atoms with Gasteiger partial charge in [0.1, 0.15) is 0 Å². The third-order valence-corrected chi connectivity index (χ3v) is 1.99. The van der Waals surface area contributed by atoms with E-state index in [9.17, 15) is 0 Å². The van der Waals surface area contributed by atoms with Crippen molar-refractivity contribution in [3.8, 4) is 0 Å². The smallest absolute Gasteiger partial charge is 0.0633 e. The van der Waals surface area contributed by atoms with Gasteiger partial charge in [0.2, 0.25) is 0 Å². The van der Waals surface area contributed by atoms with Crippen LogP contribution in [-0.2, 0) is 0 Å². The molecular weight excluding hydrogens is 158 g/mol. The number of nitrogens with one attached hydrogen (secondary N) is 1. The molecule has 0 aliphatic rings. The van der Waals surface area contributed by atoms with Gasteiger partial charge in [-0.05, 0) is 25.4 Å². The van der Waals surface area contributed by atoms with Gasteiger partial charge in [-0.25, -0.2) is 0 Å². The maximum Gasteiger partial charge on any atom is 0.0633 e. The maximum atomic E-state index is 8.89. The lowest BCUT2D eigenvalue weighted by molar-refractivity contribution is 0.247. The Kier molecular flexibility index (Phi) is 6.46. The lowest BCUT2D eigenvalue weighted by Gasteiger charge is -2.16. The predicted octanol–water partition coefficient (Wildman–Crippen LogP) is 1.22. The van der Waals surface area contributed by atoms with Crippen LogP contribution in [0.1, 0.15) is 13.3 Å². The second kappa shape index (κ2) is 6.55. The number of aliphatic hydroxyl groups excluding tert-OH is 1. The van der Waals surface area contributed by atoms with E-state index in [1.54, 1.807) is 11.8 Å². The molecule has 0 fully saturated rings. The minimum atomic E-state index is 0.181. The summed E-state index contributed by atoms with van der Waals surface area (Å²) in [5.41, 5.74) is 0.921. The minimum absolute atomic E-state index is 0.181. The van der Waals surface area contributed by atoms with Gasteiger partial charge < -0.3 is 10.4 Å². The Morgan fingerprint density at radius 1 is 1.73 bits per heavy atom. The highest BCUT2D eigenvalue weighted by atomic mass is 32.2. The van der Waals surface area contributed by atoms with Gasteiger partial charge in [0.05, 0.1) is 6.61 Å². The molecule has 0 amide bonds.